The number of nitrogens with one attached hydrogen (secondary N) is 1. The van der Waals surface area contributed by atoms with Gasteiger partial charge < -0.3 is 10.1 Å². The van der Waals surface area contributed by atoms with E-state index in [1.54, 1.807) is 31.4 Å². The van der Waals surface area contributed by atoms with Gasteiger partial charge in [0.25, 0.3) is 17.2 Å². The van der Waals surface area contributed by atoms with Gasteiger partial charge in [-0.15, -0.1) is 0 Å². The van der Waals surface area contributed by atoms with E-state index in [0.717, 1.165) is 11.6 Å². The van der Waals surface area contributed by atoms with Gasteiger partial charge in [-0.3, -0.25) is 24.3 Å². The third-order valence-electron chi connectivity index (χ3n) is 4.31. The first-order chi connectivity index (χ1) is 14.4. The number of methoxy groups -OCH3 is 1. The van der Waals surface area contributed by atoms with Crippen molar-refractivity contribution in [3.8, 4) is 17.0 Å². The van der Waals surface area contributed by atoms with E-state index >= 15 is 0 Å². The molecule has 0 fully saturated rings. The number of benzene rings is 2. The summed E-state index contributed by atoms with van der Waals surface area (Å²) in [6.07, 6.45) is 1.40. The Bertz CT molecular complexity index is 1140. The number of carbonyl (C=O) groups excluding carboxylic acids is 1. The molecule has 0 bridgehead atoms. The van der Waals surface area contributed by atoms with E-state index in [1.807, 2.05) is 0 Å². The van der Waals surface area contributed by atoms with Gasteiger partial charge in [0.15, 0.2) is 0 Å². The van der Waals surface area contributed by atoms with E-state index in [4.69, 9.17) is 16.3 Å². The van der Waals surface area contributed by atoms with E-state index in [2.05, 4.69) is 10.3 Å². The summed E-state index contributed by atoms with van der Waals surface area (Å²) in [5.41, 5.74) is 0.784. The lowest BCUT2D eigenvalue weighted by atomic mass is 10.1. The first-order valence-electron chi connectivity index (χ1n) is 8.82. The molecule has 0 atom stereocenters. The van der Waals surface area contributed by atoms with Gasteiger partial charge in [-0.25, -0.2) is 4.98 Å². The van der Waals surface area contributed by atoms with Gasteiger partial charge in [0.2, 0.25) is 0 Å². The lowest BCUT2D eigenvalue weighted by Crippen LogP contribution is -2.30. The molecule has 9 nitrogen and oxygen atoms in total. The van der Waals surface area contributed by atoms with E-state index in [-0.39, 0.29) is 34.9 Å². The number of ether oxygens (including phenoxy) is 1. The summed E-state index contributed by atoms with van der Waals surface area (Å²) in [4.78, 5) is 39.1. The number of carbonyl (C=O) groups is 1. The Hall–Kier alpha value is -3.72. The third-order valence-corrected chi connectivity index (χ3v) is 4.63. The molecule has 0 aliphatic rings. The normalized spacial score (nSPS) is 10.5. The Labute approximate surface area is 176 Å². The number of halogens is 1. The van der Waals surface area contributed by atoms with Gasteiger partial charge in [0, 0.05) is 36.3 Å². The number of hydrogen-bond donors (Lipinski definition) is 1. The summed E-state index contributed by atoms with van der Waals surface area (Å²) in [7, 11) is 1.57. The summed E-state index contributed by atoms with van der Waals surface area (Å²) in [6.45, 7) is 0.328. The van der Waals surface area contributed by atoms with Crippen LogP contribution in [0, 0.1) is 10.1 Å². The van der Waals surface area contributed by atoms with E-state index in [0.29, 0.717) is 11.4 Å². The SMILES string of the molecule is COc1ccc(-c2cc(=O)n(CCNC(=O)c3ccc(Cl)c([N+](=O)[O-])c3)cn2)cc1. The zero-order valence-electron chi connectivity index (χ0n) is 15.9. The molecule has 0 saturated carbocycles. The summed E-state index contributed by atoms with van der Waals surface area (Å²) in [5, 5.41) is 13.5. The first-order valence-corrected chi connectivity index (χ1v) is 9.20. The number of hydrogen-bond acceptors (Lipinski definition) is 6. The van der Waals surface area contributed by atoms with Crippen LogP contribution in [0.25, 0.3) is 11.3 Å². The van der Waals surface area contributed by atoms with Gasteiger partial charge in [0.1, 0.15) is 10.8 Å². The van der Waals surface area contributed by atoms with Crippen LogP contribution in [0.5, 0.6) is 5.75 Å². The molecule has 0 aliphatic carbocycles. The smallest absolute Gasteiger partial charge is 0.288 e. The van der Waals surface area contributed by atoms with Crippen molar-refractivity contribution in [1.82, 2.24) is 14.9 Å². The standard InChI is InChI=1S/C20H17ClN4O5/c1-30-15-5-2-13(3-6-15)17-11-19(26)24(12-23-17)9-8-22-20(27)14-4-7-16(21)18(10-14)25(28)29/h2-7,10-12H,8-9H2,1H3,(H,22,27). The molecule has 3 rings (SSSR count). The van der Waals surface area contributed by atoms with Crippen molar-refractivity contribution in [2.75, 3.05) is 13.7 Å². The maximum atomic E-state index is 12.3. The monoisotopic (exact) mass is 428 g/mol. The minimum absolute atomic E-state index is 0.0499. The minimum atomic E-state index is -0.658. The van der Waals surface area contributed by atoms with Gasteiger partial charge in [-0.2, -0.15) is 0 Å². The average molecular weight is 429 g/mol. The molecule has 1 amide bonds. The molecule has 0 spiro atoms. The highest BCUT2D eigenvalue weighted by Gasteiger charge is 2.16. The Kier molecular flexibility index (Phi) is 6.43. The fourth-order valence-corrected chi connectivity index (χ4v) is 2.89. The fraction of sp³-hybridized carbons (Fsp3) is 0.150. The molecule has 0 radical (unpaired) electrons. The molecule has 30 heavy (non-hydrogen) atoms. The molecular weight excluding hydrogens is 412 g/mol. The Morgan fingerprint density at radius 2 is 1.97 bits per heavy atom. The predicted molar refractivity (Wildman–Crippen MR) is 111 cm³/mol. The fourth-order valence-electron chi connectivity index (χ4n) is 2.70. The summed E-state index contributed by atoms with van der Waals surface area (Å²) >= 11 is 5.75. The van der Waals surface area contributed by atoms with Crippen molar-refractivity contribution in [3.63, 3.8) is 0 Å². The molecule has 2 aromatic carbocycles. The molecule has 3 aromatic rings. The molecular formula is C20H17ClN4O5. The quantitative estimate of drug-likeness (QED) is 0.457. The summed E-state index contributed by atoms with van der Waals surface area (Å²) in [5.74, 6) is 0.194. The number of rotatable bonds is 7. The second-order valence-corrected chi connectivity index (χ2v) is 6.62. The van der Waals surface area contributed by atoms with Gasteiger partial charge in [0.05, 0.1) is 24.1 Å². The molecule has 1 N–H and O–H groups in total. The lowest BCUT2D eigenvalue weighted by molar-refractivity contribution is -0.384. The third kappa shape index (κ3) is 4.81. The van der Waals surface area contributed by atoms with Crippen molar-refractivity contribution in [3.05, 3.63) is 85.9 Å². The first kappa shape index (κ1) is 21.0. The topological polar surface area (TPSA) is 116 Å². The highest BCUT2D eigenvalue weighted by Crippen LogP contribution is 2.25. The van der Waals surface area contributed by atoms with Crippen LogP contribution in [-0.4, -0.2) is 34.0 Å². The second kappa shape index (κ2) is 9.19. The zero-order valence-corrected chi connectivity index (χ0v) is 16.6. The van der Waals surface area contributed by atoms with Crippen LogP contribution in [0.15, 0.2) is 59.7 Å². The van der Waals surface area contributed by atoms with Crippen LogP contribution in [-0.2, 0) is 6.54 Å². The van der Waals surface area contributed by atoms with Crippen molar-refractivity contribution >= 4 is 23.2 Å². The number of nitrogens with zero attached hydrogens (tertiary/aromatic N) is 3. The van der Waals surface area contributed by atoms with Gasteiger partial charge in [-0.05, 0) is 36.4 Å². The lowest BCUT2D eigenvalue weighted by Gasteiger charge is -2.09. The van der Waals surface area contributed by atoms with Crippen molar-refractivity contribution in [1.29, 1.82) is 0 Å². The Morgan fingerprint density at radius 1 is 1.23 bits per heavy atom. The molecule has 0 aliphatic heterocycles. The molecule has 10 heteroatoms. The number of nitro benzene ring substituents is 1. The molecule has 1 heterocycles. The zero-order chi connectivity index (χ0) is 21.7. The summed E-state index contributed by atoms with van der Waals surface area (Å²) < 4.78 is 6.47. The summed E-state index contributed by atoms with van der Waals surface area (Å²) in [6, 6.07) is 12.4. The van der Waals surface area contributed by atoms with Crippen LogP contribution in [0.2, 0.25) is 5.02 Å². The van der Waals surface area contributed by atoms with E-state index in [9.17, 15) is 19.7 Å². The van der Waals surface area contributed by atoms with Crippen molar-refractivity contribution < 1.29 is 14.5 Å². The van der Waals surface area contributed by atoms with Crippen molar-refractivity contribution in [2.45, 2.75) is 6.54 Å². The highest BCUT2D eigenvalue weighted by molar-refractivity contribution is 6.32. The van der Waals surface area contributed by atoms with Gasteiger partial charge in [-0.1, -0.05) is 11.6 Å². The average Bonchev–Trinajstić information content (AvgIpc) is 2.75. The second-order valence-electron chi connectivity index (χ2n) is 6.21. The molecule has 0 unspecified atom stereocenters. The number of aromatic nitrogens is 2. The van der Waals surface area contributed by atoms with Crippen LogP contribution in [0.4, 0.5) is 5.69 Å². The van der Waals surface area contributed by atoms with Crippen LogP contribution >= 0.6 is 11.6 Å². The maximum Gasteiger partial charge on any atom is 0.288 e. The van der Waals surface area contributed by atoms with E-state index < -0.39 is 10.8 Å². The minimum Gasteiger partial charge on any atom is -0.497 e. The Balaban J connectivity index is 1.63. The number of amides is 1. The molecule has 1 aromatic heterocycles. The van der Waals surface area contributed by atoms with Crippen molar-refractivity contribution in [2.24, 2.45) is 0 Å². The molecule has 154 valence electrons. The Morgan fingerprint density at radius 3 is 2.60 bits per heavy atom. The molecule has 0 saturated heterocycles. The largest absolute Gasteiger partial charge is 0.497 e. The van der Waals surface area contributed by atoms with E-state index in [1.165, 1.54) is 29.1 Å². The maximum absolute atomic E-state index is 12.3. The van der Waals surface area contributed by atoms with Gasteiger partial charge >= 0.3 is 0 Å². The predicted octanol–water partition coefficient (Wildman–Crippen LogP) is 2.91. The van der Waals surface area contributed by atoms with Crippen LogP contribution in [0.1, 0.15) is 10.4 Å². The van der Waals surface area contributed by atoms with Crippen LogP contribution in [0.3, 0.4) is 0 Å². The number of nitro groups is 1. The van der Waals surface area contributed by atoms with Crippen LogP contribution < -0.4 is 15.6 Å². The highest BCUT2D eigenvalue weighted by atomic mass is 35.5.